The first-order valence-corrected chi connectivity index (χ1v) is 12.5. The first-order valence-electron chi connectivity index (χ1n) is 10.7. The molecule has 0 amide bonds. The second kappa shape index (κ2) is 9.91. The third kappa shape index (κ3) is 4.54. The highest BCUT2D eigenvalue weighted by Gasteiger charge is 2.18. The number of fused-ring (bicyclic) bond motifs is 1. The summed E-state index contributed by atoms with van der Waals surface area (Å²) in [7, 11) is 0. The predicted octanol–water partition coefficient (Wildman–Crippen LogP) is 7.54. The van der Waals surface area contributed by atoms with E-state index in [1.165, 1.54) is 17.8 Å². The van der Waals surface area contributed by atoms with Gasteiger partial charge in [-0.25, -0.2) is 9.37 Å². The van der Waals surface area contributed by atoms with Crippen LogP contribution >= 0.6 is 27.7 Å². The van der Waals surface area contributed by atoms with Gasteiger partial charge in [0, 0.05) is 33.3 Å². The van der Waals surface area contributed by atoms with Crippen LogP contribution in [0.5, 0.6) is 0 Å². The lowest BCUT2D eigenvalue weighted by atomic mass is 10.0. The van der Waals surface area contributed by atoms with E-state index in [9.17, 15) is 4.39 Å². The van der Waals surface area contributed by atoms with Crippen molar-refractivity contribution in [3.05, 3.63) is 107 Å². The lowest BCUT2D eigenvalue weighted by molar-refractivity contribution is 0.616. The van der Waals surface area contributed by atoms with E-state index in [2.05, 4.69) is 38.8 Å². The van der Waals surface area contributed by atoms with Crippen molar-refractivity contribution >= 4 is 38.6 Å². The van der Waals surface area contributed by atoms with Crippen LogP contribution in [0.4, 0.5) is 4.39 Å². The van der Waals surface area contributed by atoms with Crippen molar-refractivity contribution in [3.63, 3.8) is 0 Å². The fraction of sp³-hybridized carbons (Fsp3) is 0.0741. The molecule has 168 valence electrons. The SMILES string of the molecule is C=CCn1c(SCc2ccc(Br)cc2F)nnc1-c1cc(-c2ccccc2)nc2ccccc12. The summed E-state index contributed by atoms with van der Waals surface area (Å²) in [6.07, 6.45) is 1.82. The molecule has 0 N–H and O–H groups in total. The summed E-state index contributed by atoms with van der Waals surface area (Å²) in [5, 5.41) is 10.7. The molecule has 7 heteroatoms. The number of thioether (sulfide) groups is 1. The van der Waals surface area contributed by atoms with Gasteiger partial charge < -0.3 is 0 Å². The Balaban J connectivity index is 1.59. The molecule has 0 aliphatic heterocycles. The summed E-state index contributed by atoms with van der Waals surface area (Å²) < 4.78 is 17.1. The number of para-hydroxylation sites is 1. The zero-order valence-corrected chi connectivity index (χ0v) is 20.6. The van der Waals surface area contributed by atoms with Crippen LogP contribution in [0.2, 0.25) is 0 Å². The van der Waals surface area contributed by atoms with E-state index in [0.717, 1.165) is 38.0 Å². The van der Waals surface area contributed by atoms with E-state index in [1.807, 2.05) is 71.3 Å². The maximum atomic E-state index is 14.3. The fourth-order valence-electron chi connectivity index (χ4n) is 3.79. The Hall–Kier alpha value is -3.29. The molecule has 0 spiro atoms. The average molecular weight is 531 g/mol. The van der Waals surface area contributed by atoms with Crippen LogP contribution in [0.15, 0.2) is 101 Å². The number of benzene rings is 3. The van der Waals surface area contributed by atoms with E-state index in [-0.39, 0.29) is 5.82 Å². The van der Waals surface area contributed by atoms with Crippen molar-refractivity contribution in [2.45, 2.75) is 17.5 Å². The molecule has 0 fully saturated rings. The number of halogens is 2. The lowest BCUT2D eigenvalue weighted by Gasteiger charge is -2.12. The quantitative estimate of drug-likeness (QED) is 0.161. The van der Waals surface area contributed by atoms with Crippen molar-refractivity contribution in [2.75, 3.05) is 0 Å². The molecule has 0 bridgehead atoms. The van der Waals surface area contributed by atoms with Gasteiger partial charge in [-0.1, -0.05) is 88.4 Å². The summed E-state index contributed by atoms with van der Waals surface area (Å²) >= 11 is 4.76. The van der Waals surface area contributed by atoms with Gasteiger partial charge in [0.25, 0.3) is 0 Å². The molecule has 2 aromatic heterocycles. The maximum absolute atomic E-state index is 14.3. The highest BCUT2D eigenvalue weighted by Crippen LogP contribution is 2.34. The monoisotopic (exact) mass is 530 g/mol. The highest BCUT2D eigenvalue weighted by molar-refractivity contribution is 9.10. The summed E-state index contributed by atoms with van der Waals surface area (Å²) in [4.78, 5) is 4.88. The molecule has 5 rings (SSSR count). The number of pyridine rings is 1. The molecule has 3 aromatic carbocycles. The van der Waals surface area contributed by atoms with Crippen molar-refractivity contribution < 1.29 is 4.39 Å². The summed E-state index contributed by atoms with van der Waals surface area (Å²) in [6.45, 7) is 4.45. The first kappa shape index (κ1) is 22.5. The van der Waals surface area contributed by atoms with Crippen molar-refractivity contribution in [2.24, 2.45) is 0 Å². The van der Waals surface area contributed by atoms with Crippen molar-refractivity contribution in [3.8, 4) is 22.6 Å². The van der Waals surface area contributed by atoms with Crippen LogP contribution in [0.25, 0.3) is 33.5 Å². The molecule has 0 radical (unpaired) electrons. The molecule has 0 saturated carbocycles. The van der Waals surface area contributed by atoms with Gasteiger partial charge in [-0.05, 0) is 29.8 Å². The minimum absolute atomic E-state index is 0.246. The lowest BCUT2D eigenvalue weighted by Crippen LogP contribution is -2.02. The Labute approximate surface area is 209 Å². The molecule has 0 unspecified atom stereocenters. The highest BCUT2D eigenvalue weighted by atomic mass is 79.9. The third-order valence-electron chi connectivity index (χ3n) is 5.43. The minimum atomic E-state index is -0.246. The molecule has 0 aliphatic rings. The molecular formula is C27H20BrFN4S. The van der Waals surface area contributed by atoms with Gasteiger partial charge in [-0.15, -0.1) is 16.8 Å². The number of aromatic nitrogens is 4. The van der Waals surface area contributed by atoms with Gasteiger partial charge in [-0.2, -0.15) is 0 Å². The summed E-state index contributed by atoms with van der Waals surface area (Å²) in [5.74, 6) is 0.930. The Bertz CT molecular complexity index is 1480. The number of hydrogen-bond acceptors (Lipinski definition) is 4. The Kier molecular flexibility index (Phi) is 6.56. The second-order valence-corrected chi connectivity index (χ2v) is 9.53. The zero-order chi connectivity index (χ0) is 23.5. The Morgan fingerprint density at radius 3 is 2.56 bits per heavy atom. The predicted molar refractivity (Wildman–Crippen MR) is 140 cm³/mol. The van der Waals surface area contributed by atoms with Crippen LogP contribution in [0.1, 0.15) is 5.56 Å². The molecule has 2 heterocycles. The van der Waals surface area contributed by atoms with Crippen molar-refractivity contribution in [1.82, 2.24) is 19.7 Å². The third-order valence-corrected chi connectivity index (χ3v) is 6.94. The minimum Gasteiger partial charge on any atom is -0.298 e. The number of nitrogens with zero attached hydrogens (tertiary/aromatic N) is 4. The maximum Gasteiger partial charge on any atom is 0.192 e. The Morgan fingerprint density at radius 2 is 1.76 bits per heavy atom. The van der Waals surface area contributed by atoms with Gasteiger partial charge in [0.2, 0.25) is 0 Å². The van der Waals surface area contributed by atoms with Crippen LogP contribution < -0.4 is 0 Å². The largest absolute Gasteiger partial charge is 0.298 e. The van der Waals surface area contributed by atoms with E-state index in [1.54, 1.807) is 6.07 Å². The number of allylic oxidation sites excluding steroid dienone is 1. The van der Waals surface area contributed by atoms with Gasteiger partial charge in [-0.3, -0.25) is 4.57 Å². The second-order valence-electron chi connectivity index (χ2n) is 7.67. The van der Waals surface area contributed by atoms with Crippen LogP contribution in [-0.4, -0.2) is 19.7 Å². The molecular weight excluding hydrogens is 511 g/mol. The fourth-order valence-corrected chi connectivity index (χ4v) is 5.05. The average Bonchev–Trinajstić information content (AvgIpc) is 3.26. The van der Waals surface area contributed by atoms with E-state index in [0.29, 0.717) is 23.0 Å². The van der Waals surface area contributed by atoms with Crippen LogP contribution in [-0.2, 0) is 12.3 Å². The summed E-state index contributed by atoms with van der Waals surface area (Å²) in [6, 6.07) is 25.3. The van der Waals surface area contributed by atoms with Crippen molar-refractivity contribution in [1.29, 1.82) is 0 Å². The topological polar surface area (TPSA) is 43.6 Å². The van der Waals surface area contributed by atoms with Crippen LogP contribution in [0, 0.1) is 5.82 Å². The van der Waals surface area contributed by atoms with E-state index >= 15 is 0 Å². The first-order chi connectivity index (χ1) is 16.6. The Morgan fingerprint density at radius 1 is 0.971 bits per heavy atom. The van der Waals surface area contributed by atoms with Gasteiger partial charge in [0.1, 0.15) is 5.82 Å². The standard InChI is InChI=1S/C27H20BrFN4S/c1-2-14-33-26(31-32-27(33)34-17-19-12-13-20(28)15-23(19)29)22-16-25(18-8-4-3-5-9-18)30-24-11-7-6-10-21(22)24/h2-13,15-16H,1,14,17H2. The van der Waals surface area contributed by atoms with Gasteiger partial charge in [0.05, 0.1) is 11.2 Å². The van der Waals surface area contributed by atoms with E-state index in [4.69, 9.17) is 4.98 Å². The van der Waals surface area contributed by atoms with Gasteiger partial charge in [0.15, 0.2) is 11.0 Å². The van der Waals surface area contributed by atoms with Crippen LogP contribution in [0.3, 0.4) is 0 Å². The molecule has 4 nitrogen and oxygen atoms in total. The summed E-state index contributed by atoms with van der Waals surface area (Å²) in [5.41, 5.74) is 4.35. The normalized spacial score (nSPS) is 11.1. The smallest absolute Gasteiger partial charge is 0.192 e. The zero-order valence-electron chi connectivity index (χ0n) is 18.2. The number of hydrogen-bond donors (Lipinski definition) is 0. The van der Waals surface area contributed by atoms with Gasteiger partial charge >= 0.3 is 0 Å². The molecule has 0 atom stereocenters. The molecule has 0 saturated heterocycles. The number of rotatable bonds is 7. The molecule has 34 heavy (non-hydrogen) atoms. The molecule has 5 aromatic rings. The molecule has 0 aliphatic carbocycles. The van der Waals surface area contributed by atoms with E-state index < -0.39 is 0 Å².